The maximum atomic E-state index is 13.2. The molecule has 34 heavy (non-hydrogen) atoms. The van der Waals surface area contributed by atoms with Gasteiger partial charge in [-0.05, 0) is 64.2 Å². The molecule has 0 aliphatic carbocycles. The molecule has 2 amide bonds. The first kappa shape index (κ1) is 28.2. The summed E-state index contributed by atoms with van der Waals surface area (Å²) in [5.41, 5.74) is 0.347. The zero-order valence-corrected chi connectivity index (χ0v) is 23.4. The number of nitrogens with zero attached hydrogens (tertiary/aromatic N) is 1. The second kappa shape index (κ2) is 11.1. The predicted octanol–water partition coefficient (Wildman–Crippen LogP) is 6.09. The van der Waals surface area contributed by atoms with Gasteiger partial charge in [0.15, 0.2) is 8.32 Å². The fourth-order valence-corrected chi connectivity index (χ4v) is 5.24. The van der Waals surface area contributed by atoms with E-state index in [1.807, 2.05) is 58.0 Å². The van der Waals surface area contributed by atoms with E-state index in [0.29, 0.717) is 13.0 Å². The number of likely N-dealkylation sites (tertiary alicyclic amines) is 1. The smallest absolute Gasteiger partial charge is 0.410 e. The van der Waals surface area contributed by atoms with Gasteiger partial charge in [-0.3, -0.25) is 0 Å². The number of nitrogens with one attached hydrogen (secondary N) is 1. The van der Waals surface area contributed by atoms with Crippen LogP contribution in [-0.2, 0) is 20.5 Å². The van der Waals surface area contributed by atoms with Gasteiger partial charge >= 0.3 is 12.2 Å². The Morgan fingerprint density at radius 2 is 1.71 bits per heavy atom. The first-order chi connectivity index (χ1) is 15.6. The van der Waals surface area contributed by atoms with E-state index < -0.39 is 26.1 Å². The van der Waals surface area contributed by atoms with Gasteiger partial charge in [-0.25, -0.2) is 9.59 Å². The Kier molecular flexibility index (Phi) is 9.21. The van der Waals surface area contributed by atoms with E-state index in [1.165, 1.54) is 0 Å². The Morgan fingerprint density at radius 1 is 1.09 bits per heavy atom. The fraction of sp³-hybridized carbons (Fsp3) is 0.692. The van der Waals surface area contributed by atoms with Gasteiger partial charge in [0.05, 0.1) is 12.1 Å². The number of benzene rings is 1. The summed E-state index contributed by atoms with van der Waals surface area (Å²) in [5, 5.41) is 2.99. The molecule has 0 spiro atoms. The molecule has 0 radical (unpaired) electrons. The van der Waals surface area contributed by atoms with E-state index in [4.69, 9.17) is 13.9 Å². The minimum absolute atomic E-state index is 0.0649. The number of alkyl carbamates (subject to hydrolysis) is 1. The average Bonchev–Trinajstić information content (AvgIpc) is 2.70. The van der Waals surface area contributed by atoms with Gasteiger partial charge in [-0.1, -0.05) is 51.1 Å². The van der Waals surface area contributed by atoms with Gasteiger partial charge < -0.3 is 24.1 Å². The molecule has 0 saturated carbocycles. The summed E-state index contributed by atoms with van der Waals surface area (Å²) in [7, 11) is -2.03. The summed E-state index contributed by atoms with van der Waals surface area (Å²) in [6, 6.07) is 9.28. The SMILES string of the molecule is C[C@H](O[Si](C)(C)C(C)(C)C)[C@H]1CC[C@H](NC(=O)OC(C)(C)C)CN1C(=O)OCc1ccccc1. The Bertz CT molecular complexity index is 817. The molecule has 7 nitrogen and oxygen atoms in total. The summed E-state index contributed by atoms with van der Waals surface area (Å²) < 4.78 is 17.7. The van der Waals surface area contributed by atoms with Crippen molar-refractivity contribution in [1.29, 1.82) is 0 Å². The lowest BCUT2D eigenvalue weighted by molar-refractivity contribution is 0.0128. The molecule has 3 atom stereocenters. The lowest BCUT2D eigenvalue weighted by Crippen LogP contribution is -2.59. The van der Waals surface area contributed by atoms with Gasteiger partial charge in [0.25, 0.3) is 0 Å². The fourth-order valence-electron chi connectivity index (χ4n) is 3.80. The zero-order valence-electron chi connectivity index (χ0n) is 22.4. The second-order valence-corrected chi connectivity index (χ2v) is 16.5. The van der Waals surface area contributed by atoms with Gasteiger partial charge in [0.2, 0.25) is 0 Å². The average molecular weight is 493 g/mol. The van der Waals surface area contributed by atoms with Crippen LogP contribution in [0, 0.1) is 0 Å². The van der Waals surface area contributed by atoms with E-state index in [1.54, 1.807) is 4.90 Å². The van der Waals surface area contributed by atoms with E-state index in [-0.39, 0.29) is 29.8 Å². The van der Waals surface area contributed by atoms with Crippen molar-refractivity contribution in [2.24, 2.45) is 0 Å². The van der Waals surface area contributed by atoms with Crippen molar-refractivity contribution in [3.63, 3.8) is 0 Å². The summed E-state index contributed by atoms with van der Waals surface area (Å²) in [6.45, 7) is 19.1. The highest BCUT2D eigenvalue weighted by molar-refractivity contribution is 6.74. The van der Waals surface area contributed by atoms with Crippen LogP contribution in [0.15, 0.2) is 30.3 Å². The lowest BCUT2D eigenvalue weighted by atomic mass is 9.95. The van der Waals surface area contributed by atoms with Crippen LogP contribution in [0.3, 0.4) is 0 Å². The largest absolute Gasteiger partial charge is 0.445 e. The van der Waals surface area contributed by atoms with Gasteiger partial charge in [-0.15, -0.1) is 0 Å². The number of amides is 2. The third kappa shape index (κ3) is 8.31. The molecule has 1 aliphatic heterocycles. The molecule has 1 fully saturated rings. The Balaban J connectivity index is 2.14. The van der Waals surface area contributed by atoms with Crippen molar-refractivity contribution in [2.45, 2.75) is 110 Å². The molecule has 0 bridgehead atoms. The molecule has 1 aliphatic rings. The van der Waals surface area contributed by atoms with E-state index in [9.17, 15) is 9.59 Å². The van der Waals surface area contributed by atoms with E-state index in [0.717, 1.165) is 12.0 Å². The second-order valence-electron chi connectivity index (χ2n) is 11.8. The molecule has 1 saturated heterocycles. The first-order valence-corrected chi connectivity index (χ1v) is 15.1. The maximum Gasteiger partial charge on any atom is 0.410 e. The molecular formula is C26H44N2O5Si. The Hall–Kier alpha value is -2.06. The topological polar surface area (TPSA) is 77.1 Å². The number of piperidine rings is 1. The van der Waals surface area contributed by atoms with Crippen LogP contribution >= 0.6 is 0 Å². The molecule has 0 unspecified atom stereocenters. The zero-order chi connectivity index (χ0) is 25.7. The third-order valence-electron chi connectivity index (χ3n) is 6.62. The molecule has 8 heteroatoms. The van der Waals surface area contributed by atoms with Gasteiger partial charge in [0, 0.05) is 12.6 Å². The maximum absolute atomic E-state index is 13.2. The molecule has 192 valence electrons. The van der Waals surface area contributed by atoms with Crippen molar-refractivity contribution in [2.75, 3.05) is 6.54 Å². The molecule has 1 aromatic rings. The minimum Gasteiger partial charge on any atom is -0.445 e. The van der Waals surface area contributed by atoms with Gasteiger partial charge in [-0.2, -0.15) is 0 Å². The van der Waals surface area contributed by atoms with E-state index >= 15 is 0 Å². The molecule has 2 rings (SSSR count). The van der Waals surface area contributed by atoms with E-state index in [2.05, 4.69) is 39.2 Å². The molecule has 0 aromatic heterocycles. The van der Waals surface area contributed by atoms with Crippen LogP contribution in [0.5, 0.6) is 0 Å². The number of rotatable bonds is 6. The Morgan fingerprint density at radius 3 is 2.26 bits per heavy atom. The quantitative estimate of drug-likeness (QED) is 0.486. The lowest BCUT2D eigenvalue weighted by Gasteiger charge is -2.45. The van der Waals surface area contributed by atoms with Crippen molar-refractivity contribution in [1.82, 2.24) is 10.2 Å². The first-order valence-electron chi connectivity index (χ1n) is 12.2. The summed E-state index contributed by atoms with van der Waals surface area (Å²) >= 11 is 0. The minimum atomic E-state index is -2.03. The summed E-state index contributed by atoms with van der Waals surface area (Å²) in [6.07, 6.45) is 0.427. The highest BCUT2D eigenvalue weighted by Gasteiger charge is 2.43. The number of hydrogen-bond acceptors (Lipinski definition) is 5. The molecule has 1 heterocycles. The van der Waals surface area contributed by atoms with Crippen molar-refractivity contribution < 1.29 is 23.5 Å². The van der Waals surface area contributed by atoms with Crippen LogP contribution in [0.1, 0.15) is 66.9 Å². The van der Waals surface area contributed by atoms with Crippen LogP contribution in [-0.4, -0.2) is 55.7 Å². The standard InChI is InChI=1S/C26H44N2O5Si/c1-19(33-34(8,9)26(5,6)7)22-16-15-21(27-23(29)32-25(2,3)4)17-28(22)24(30)31-18-20-13-11-10-12-14-20/h10-14,19,21-22H,15-18H2,1-9H3,(H,27,29)/t19-,21-,22+/m0/s1. The normalized spacial score (nSPS) is 20.4. The number of hydrogen-bond donors (Lipinski definition) is 1. The number of ether oxygens (including phenoxy) is 2. The van der Waals surface area contributed by atoms with Crippen LogP contribution in [0.25, 0.3) is 0 Å². The van der Waals surface area contributed by atoms with Crippen molar-refractivity contribution >= 4 is 20.5 Å². The molecule has 1 N–H and O–H groups in total. The number of carbonyl (C=O) groups is 2. The summed E-state index contributed by atoms with van der Waals surface area (Å²) in [5.74, 6) is 0. The Labute approximate surface area is 206 Å². The monoisotopic (exact) mass is 492 g/mol. The highest BCUT2D eigenvalue weighted by atomic mass is 28.4. The molecular weight excluding hydrogens is 448 g/mol. The van der Waals surface area contributed by atoms with Crippen LogP contribution < -0.4 is 5.32 Å². The number of carbonyl (C=O) groups excluding carboxylic acids is 2. The van der Waals surface area contributed by atoms with Crippen molar-refractivity contribution in [3.8, 4) is 0 Å². The molecule has 1 aromatic carbocycles. The van der Waals surface area contributed by atoms with Crippen LogP contribution in [0.4, 0.5) is 9.59 Å². The van der Waals surface area contributed by atoms with Gasteiger partial charge in [0.1, 0.15) is 12.2 Å². The third-order valence-corrected chi connectivity index (χ3v) is 11.2. The van der Waals surface area contributed by atoms with Crippen LogP contribution in [0.2, 0.25) is 18.1 Å². The predicted molar refractivity (Wildman–Crippen MR) is 137 cm³/mol. The van der Waals surface area contributed by atoms with Crippen molar-refractivity contribution in [3.05, 3.63) is 35.9 Å². The summed E-state index contributed by atoms with van der Waals surface area (Å²) in [4.78, 5) is 27.3. The highest BCUT2D eigenvalue weighted by Crippen LogP contribution is 2.38.